The van der Waals surface area contributed by atoms with Gasteiger partial charge in [-0.3, -0.25) is 0 Å². The van der Waals surface area contributed by atoms with Crippen molar-refractivity contribution in [2.24, 2.45) is 11.1 Å². The maximum atomic E-state index is 6.24. The number of pyridine rings is 1. The SMILES string of the molecule is CC(C)(C)[C@H](N)c1cc2ccccc2nc1Cl. The molecule has 90 valence electrons. The van der Waals surface area contributed by atoms with Gasteiger partial charge in [-0.25, -0.2) is 4.98 Å². The van der Waals surface area contributed by atoms with Crippen LogP contribution in [0, 0.1) is 5.41 Å². The molecule has 1 atom stereocenters. The number of nitrogens with two attached hydrogens (primary N) is 1. The Morgan fingerprint density at radius 3 is 2.53 bits per heavy atom. The molecular weight excluding hydrogens is 232 g/mol. The van der Waals surface area contributed by atoms with Crippen LogP contribution in [0.15, 0.2) is 30.3 Å². The molecule has 0 unspecified atom stereocenters. The fraction of sp³-hybridized carbons (Fsp3) is 0.357. The average Bonchev–Trinajstić information content (AvgIpc) is 2.26. The van der Waals surface area contributed by atoms with Crippen LogP contribution >= 0.6 is 11.6 Å². The van der Waals surface area contributed by atoms with Crippen LogP contribution in [0.1, 0.15) is 32.4 Å². The molecule has 2 rings (SSSR count). The minimum atomic E-state index is -0.118. The fourth-order valence-electron chi connectivity index (χ4n) is 1.79. The number of benzene rings is 1. The molecule has 0 saturated heterocycles. The number of fused-ring (bicyclic) bond motifs is 1. The third-order valence-corrected chi connectivity index (χ3v) is 3.28. The second-order valence-corrected chi connectivity index (χ2v) is 5.76. The van der Waals surface area contributed by atoms with E-state index in [0.29, 0.717) is 5.15 Å². The number of rotatable bonds is 1. The predicted molar refractivity (Wildman–Crippen MR) is 73.1 cm³/mol. The highest BCUT2D eigenvalue weighted by atomic mass is 35.5. The van der Waals surface area contributed by atoms with E-state index < -0.39 is 0 Å². The van der Waals surface area contributed by atoms with E-state index in [-0.39, 0.29) is 11.5 Å². The van der Waals surface area contributed by atoms with Crippen LogP contribution in [0.3, 0.4) is 0 Å². The van der Waals surface area contributed by atoms with Gasteiger partial charge in [0.05, 0.1) is 5.52 Å². The van der Waals surface area contributed by atoms with Crippen molar-refractivity contribution >= 4 is 22.5 Å². The van der Waals surface area contributed by atoms with Gasteiger partial charge in [-0.15, -0.1) is 0 Å². The molecule has 0 spiro atoms. The summed E-state index contributed by atoms with van der Waals surface area (Å²) in [5, 5.41) is 1.58. The minimum Gasteiger partial charge on any atom is -0.323 e. The third kappa shape index (κ3) is 2.43. The van der Waals surface area contributed by atoms with Crippen LogP contribution in [-0.2, 0) is 0 Å². The molecule has 3 heteroatoms. The van der Waals surface area contributed by atoms with Crippen molar-refractivity contribution < 1.29 is 0 Å². The summed E-state index contributed by atoms with van der Waals surface area (Å²) < 4.78 is 0. The molecule has 0 fully saturated rings. The molecule has 0 aliphatic carbocycles. The number of halogens is 1. The first-order valence-corrected chi connectivity index (χ1v) is 6.08. The Hall–Kier alpha value is -1.12. The van der Waals surface area contributed by atoms with Gasteiger partial charge in [0.2, 0.25) is 0 Å². The second-order valence-electron chi connectivity index (χ2n) is 5.40. The molecule has 0 bridgehead atoms. The lowest BCUT2D eigenvalue weighted by atomic mass is 9.83. The van der Waals surface area contributed by atoms with Crippen LogP contribution in [-0.4, -0.2) is 4.98 Å². The van der Waals surface area contributed by atoms with Gasteiger partial charge in [0, 0.05) is 17.0 Å². The summed E-state index contributed by atoms with van der Waals surface area (Å²) in [5.41, 5.74) is 8.03. The van der Waals surface area contributed by atoms with Crippen LogP contribution in [0.5, 0.6) is 0 Å². The molecule has 2 aromatic rings. The molecule has 2 N–H and O–H groups in total. The molecule has 1 aromatic heterocycles. The smallest absolute Gasteiger partial charge is 0.134 e. The Bertz CT molecular complexity index is 543. The number of para-hydroxylation sites is 1. The quantitative estimate of drug-likeness (QED) is 0.777. The molecule has 0 amide bonds. The van der Waals surface area contributed by atoms with Crippen molar-refractivity contribution in [3.8, 4) is 0 Å². The second kappa shape index (κ2) is 4.28. The summed E-state index contributed by atoms with van der Waals surface area (Å²) in [5.74, 6) is 0. The Morgan fingerprint density at radius 2 is 1.88 bits per heavy atom. The maximum absolute atomic E-state index is 6.24. The minimum absolute atomic E-state index is 0.0340. The topological polar surface area (TPSA) is 38.9 Å². The van der Waals surface area contributed by atoms with Gasteiger partial charge in [-0.2, -0.15) is 0 Å². The predicted octanol–water partition coefficient (Wildman–Crippen LogP) is 3.93. The summed E-state index contributed by atoms with van der Waals surface area (Å²) in [6.45, 7) is 6.30. The van der Waals surface area contributed by atoms with Gasteiger partial charge >= 0.3 is 0 Å². The number of nitrogens with zero attached hydrogens (tertiary/aromatic N) is 1. The largest absolute Gasteiger partial charge is 0.323 e. The monoisotopic (exact) mass is 248 g/mol. The van der Waals surface area contributed by atoms with E-state index in [2.05, 4.69) is 25.8 Å². The molecule has 17 heavy (non-hydrogen) atoms. The van der Waals surface area contributed by atoms with Gasteiger partial charge < -0.3 is 5.73 Å². The number of aromatic nitrogens is 1. The highest BCUT2D eigenvalue weighted by molar-refractivity contribution is 6.30. The maximum Gasteiger partial charge on any atom is 0.134 e. The van der Waals surface area contributed by atoms with Gasteiger partial charge in [0.15, 0.2) is 0 Å². The first-order valence-electron chi connectivity index (χ1n) is 5.70. The molecule has 1 heterocycles. The lowest BCUT2D eigenvalue weighted by Gasteiger charge is -2.28. The van der Waals surface area contributed by atoms with E-state index in [4.69, 9.17) is 17.3 Å². The summed E-state index contributed by atoms with van der Waals surface area (Å²) in [6, 6.07) is 9.84. The van der Waals surface area contributed by atoms with E-state index in [0.717, 1.165) is 16.5 Å². The van der Waals surface area contributed by atoms with E-state index in [1.54, 1.807) is 0 Å². The van der Waals surface area contributed by atoms with Crippen molar-refractivity contribution in [3.05, 3.63) is 41.0 Å². The molecule has 0 aliphatic rings. The Labute approximate surface area is 107 Å². The van der Waals surface area contributed by atoms with E-state index in [1.165, 1.54) is 0 Å². The van der Waals surface area contributed by atoms with Gasteiger partial charge in [-0.05, 0) is 17.5 Å². The molecule has 1 aromatic carbocycles. The zero-order valence-corrected chi connectivity index (χ0v) is 11.1. The Balaban J connectivity index is 2.58. The van der Waals surface area contributed by atoms with E-state index in [9.17, 15) is 0 Å². The highest BCUT2D eigenvalue weighted by Crippen LogP contribution is 2.34. The summed E-state index contributed by atoms with van der Waals surface area (Å²) in [7, 11) is 0. The first kappa shape index (κ1) is 12.3. The average molecular weight is 249 g/mol. The summed E-state index contributed by atoms with van der Waals surface area (Å²) in [4.78, 5) is 4.40. The van der Waals surface area contributed by atoms with Gasteiger partial charge in [0.25, 0.3) is 0 Å². The standard InChI is InChI=1S/C14H17ClN2/c1-14(2,3)12(16)10-8-9-6-4-5-7-11(9)17-13(10)15/h4-8,12H,16H2,1-3H3/t12-/m1/s1. The number of hydrogen-bond acceptors (Lipinski definition) is 2. The molecule has 0 radical (unpaired) electrons. The third-order valence-electron chi connectivity index (χ3n) is 2.97. The van der Waals surface area contributed by atoms with Crippen LogP contribution in [0.2, 0.25) is 5.15 Å². The summed E-state index contributed by atoms with van der Waals surface area (Å²) in [6.07, 6.45) is 0. The van der Waals surface area contributed by atoms with Crippen LogP contribution in [0.4, 0.5) is 0 Å². The van der Waals surface area contributed by atoms with Crippen molar-refractivity contribution in [3.63, 3.8) is 0 Å². The molecule has 0 saturated carbocycles. The van der Waals surface area contributed by atoms with Crippen molar-refractivity contribution in [2.45, 2.75) is 26.8 Å². The van der Waals surface area contributed by atoms with Crippen molar-refractivity contribution in [1.29, 1.82) is 0 Å². The first-order chi connectivity index (χ1) is 7.89. The van der Waals surface area contributed by atoms with Crippen molar-refractivity contribution in [1.82, 2.24) is 4.98 Å². The van der Waals surface area contributed by atoms with E-state index in [1.807, 2.05) is 30.3 Å². The summed E-state index contributed by atoms with van der Waals surface area (Å²) >= 11 is 6.21. The zero-order chi connectivity index (χ0) is 12.6. The lowest BCUT2D eigenvalue weighted by Crippen LogP contribution is -2.26. The fourth-order valence-corrected chi connectivity index (χ4v) is 2.06. The van der Waals surface area contributed by atoms with E-state index >= 15 is 0 Å². The number of hydrogen-bond donors (Lipinski definition) is 1. The molecule has 0 aliphatic heterocycles. The normalized spacial score (nSPS) is 13.9. The highest BCUT2D eigenvalue weighted by Gasteiger charge is 2.25. The molecular formula is C14H17ClN2. The van der Waals surface area contributed by atoms with Crippen LogP contribution < -0.4 is 5.73 Å². The zero-order valence-electron chi connectivity index (χ0n) is 10.4. The Kier molecular flexibility index (Phi) is 3.11. The van der Waals surface area contributed by atoms with Gasteiger partial charge in [0.1, 0.15) is 5.15 Å². The van der Waals surface area contributed by atoms with Crippen molar-refractivity contribution in [2.75, 3.05) is 0 Å². The molecule has 2 nitrogen and oxygen atoms in total. The van der Waals surface area contributed by atoms with Crippen LogP contribution in [0.25, 0.3) is 10.9 Å². The van der Waals surface area contributed by atoms with Gasteiger partial charge in [-0.1, -0.05) is 50.6 Å². The lowest BCUT2D eigenvalue weighted by molar-refractivity contribution is 0.327. The Morgan fingerprint density at radius 1 is 1.24 bits per heavy atom.